The molecular formula is C10H13BrN2O3. The van der Waals surface area contributed by atoms with Crippen molar-refractivity contribution >= 4 is 21.6 Å². The number of hydrogen-bond acceptors (Lipinski definition) is 4. The zero-order chi connectivity index (χ0) is 12.3. The van der Waals surface area contributed by atoms with E-state index in [0.29, 0.717) is 11.0 Å². The Morgan fingerprint density at radius 1 is 1.62 bits per heavy atom. The van der Waals surface area contributed by atoms with E-state index in [-0.39, 0.29) is 5.69 Å². The van der Waals surface area contributed by atoms with Crippen LogP contribution in [0.3, 0.4) is 0 Å². The first-order chi connectivity index (χ1) is 7.44. The molecule has 88 valence electrons. The van der Waals surface area contributed by atoms with Crippen LogP contribution in [0.15, 0.2) is 22.7 Å². The summed E-state index contributed by atoms with van der Waals surface area (Å²) in [6.45, 7) is 2.12. The van der Waals surface area contributed by atoms with E-state index < -0.39 is 10.5 Å². The van der Waals surface area contributed by atoms with Gasteiger partial charge in [-0.05, 0) is 18.6 Å². The van der Waals surface area contributed by atoms with Gasteiger partial charge in [-0.3, -0.25) is 10.1 Å². The number of ether oxygens (including phenoxy) is 1. The van der Waals surface area contributed by atoms with Crippen LogP contribution in [0, 0.1) is 10.1 Å². The highest BCUT2D eigenvalue weighted by Crippen LogP contribution is 2.32. The number of nitrogens with two attached hydrogens (primary N) is 1. The van der Waals surface area contributed by atoms with Gasteiger partial charge < -0.3 is 10.5 Å². The van der Waals surface area contributed by atoms with Crippen molar-refractivity contribution in [2.24, 2.45) is 5.73 Å². The van der Waals surface area contributed by atoms with Gasteiger partial charge in [0.05, 0.1) is 4.92 Å². The van der Waals surface area contributed by atoms with E-state index in [1.807, 2.05) is 6.92 Å². The maximum absolute atomic E-state index is 10.6. The van der Waals surface area contributed by atoms with Crippen molar-refractivity contribution in [3.63, 3.8) is 0 Å². The molecule has 0 saturated carbocycles. The highest BCUT2D eigenvalue weighted by molar-refractivity contribution is 9.10. The van der Waals surface area contributed by atoms with Gasteiger partial charge in [0.1, 0.15) is 5.60 Å². The Morgan fingerprint density at radius 3 is 2.62 bits per heavy atom. The van der Waals surface area contributed by atoms with Gasteiger partial charge in [-0.15, -0.1) is 0 Å². The van der Waals surface area contributed by atoms with Gasteiger partial charge >= 0.3 is 0 Å². The molecule has 1 atom stereocenters. The molecule has 0 bridgehead atoms. The molecular weight excluding hydrogens is 276 g/mol. The van der Waals surface area contributed by atoms with Crippen molar-refractivity contribution in [1.29, 1.82) is 0 Å². The molecule has 1 rings (SSSR count). The smallest absolute Gasteiger partial charge is 0.270 e. The normalized spacial score (nSPS) is 14.5. The van der Waals surface area contributed by atoms with Gasteiger partial charge in [-0.25, -0.2) is 0 Å². The lowest BCUT2D eigenvalue weighted by Gasteiger charge is -2.27. The summed E-state index contributed by atoms with van der Waals surface area (Å²) in [4.78, 5) is 10.1. The fourth-order valence-corrected chi connectivity index (χ4v) is 2.14. The largest absolute Gasteiger partial charge is 0.372 e. The molecule has 0 spiro atoms. The van der Waals surface area contributed by atoms with Crippen LogP contribution in [0.5, 0.6) is 0 Å². The third-order valence-electron chi connectivity index (χ3n) is 2.57. The minimum absolute atomic E-state index is 0.0334. The maximum Gasteiger partial charge on any atom is 0.270 e. The Labute approximate surface area is 102 Å². The standard InChI is InChI=1S/C10H13BrN2O3/c1-10(6-12,16-2)8-4-3-7(13(14)15)5-9(8)11/h3-5H,6,12H2,1-2H3. The molecule has 16 heavy (non-hydrogen) atoms. The molecule has 0 aliphatic carbocycles. The molecule has 0 aliphatic heterocycles. The quantitative estimate of drug-likeness (QED) is 0.680. The number of nitro benzene ring substituents is 1. The van der Waals surface area contributed by atoms with Crippen LogP contribution in [-0.2, 0) is 10.3 Å². The molecule has 6 heteroatoms. The van der Waals surface area contributed by atoms with Gasteiger partial charge in [0.2, 0.25) is 0 Å². The van der Waals surface area contributed by atoms with E-state index >= 15 is 0 Å². The minimum Gasteiger partial charge on any atom is -0.372 e. The molecule has 0 heterocycles. The molecule has 0 saturated heterocycles. The molecule has 1 aromatic rings. The average molecular weight is 289 g/mol. The fourth-order valence-electron chi connectivity index (χ4n) is 1.35. The van der Waals surface area contributed by atoms with Gasteiger partial charge in [0.15, 0.2) is 0 Å². The summed E-state index contributed by atoms with van der Waals surface area (Å²) in [5, 5.41) is 10.6. The Balaban J connectivity index is 3.22. The Morgan fingerprint density at radius 2 is 2.25 bits per heavy atom. The molecule has 0 aromatic heterocycles. The second-order valence-corrected chi connectivity index (χ2v) is 4.41. The monoisotopic (exact) mass is 288 g/mol. The van der Waals surface area contributed by atoms with E-state index in [9.17, 15) is 10.1 Å². The number of rotatable bonds is 4. The van der Waals surface area contributed by atoms with E-state index in [1.54, 1.807) is 13.2 Å². The summed E-state index contributed by atoms with van der Waals surface area (Å²) in [6, 6.07) is 4.54. The topological polar surface area (TPSA) is 78.4 Å². The van der Waals surface area contributed by atoms with Crippen LogP contribution < -0.4 is 5.73 Å². The predicted molar refractivity (Wildman–Crippen MR) is 64.2 cm³/mol. The second-order valence-electron chi connectivity index (χ2n) is 3.56. The zero-order valence-corrected chi connectivity index (χ0v) is 10.7. The summed E-state index contributed by atoms with van der Waals surface area (Å²) >= 11 is 3.29. The van der Waals surface area contributed by atoms with Crippen LogP contribution in [0.1, 0.15) is 12.5 Å². The Bertz CT molecular complexity index is 405. The van der Waals surface area contributed by atoms with Gasteiger partial charge in [-0.1, -0.05) is 15.9 Å². The number of non-ortho nitro benzene ring substituents is 1. The maximum atomic E-state index is 10.6. The molecule has 5 nitrogen and oxygen atoms in total. The predicted octanol–water partition coefficient (Wildman–Crippen LogP) is 2.18. The van der Waals surface area contributed by atoms with Gasteiger partial charge in [0, 0.05) is 30.3 Å². The number of hydrogen-bond donors (Lipinski definition) is 1. The molecule has 1 aromatic carbocycles. The number of nitro groups is 1. The lowest BCUT2D eigenvalue weighted by atomic mass is 9.96. The fraction of sp³-hybridized carbons (Fsp3) is 0.400. The summed E-state index contributed by atoms with van der Waals surface area (Å²) in [7, 11) is 1.56. The van der Waals surface area contributed by atoms with Crippen molar-refractivity contribution in [2.45, 2.75) is 12.5 Å². The number of halogens is 1. The third-order valence-corrected chi connectivity index (χ3v) is 3.23. The van der Waals surface area contributed by atoms with Crippen molar-refractivity contribution in [2.75, 3.05) is 13.7 Å². The zero-order valence-electron chi connectivity index (χ0n) is 9.07. The summed E-state index contributed by atoms with van der Waals surface area (Å²) in [6.07, 6.45) is 0. The first-order valence-electron chi connectivity index (χ1n) is 4.64. The van der Waals surface area contributed by atoms with Crippen molar-refractivity contribution < 1.29 is 9.66 Å². The highest BCUT2D eigenvalue weighted by atomic mass is 79.9. The minimum atomic E-state index is -0.645. The highest BCUT2D eigenvalue weighted by Gasteiger charge is 2.27. The first kappa shape index (κ1) is 13.1. The third kappa shape index (κ3) is 2.40. The van der Waals surface area contributed by atoms with Crippen LogP contribution in [0.4, 0.5) is 5.69 Å². The lowest BCUT2D eigenvalue weighted by Crippen LogP contribution is -2.34. The van der Waals surface area contributed by atoms with E-state index in [1.165, 1.54) is 12.1 Å². The molecule has 0 radical (unpaired) electrons. The molecule has 0 fully saturated rings. The van der Waals surface area contributed by atoms with Crippen LogP contribution in [0.25, 0.3) is 0 Å². The van der Waals surface area contributed by atoms with Crippen LogP contribution >= 0.6 is 15.9 Å². The first-order valence-corrected chi connectivity index (χ1v) is 5.43. The van der Waals surface area contributed by atoms with Gasteiger partial charge in [-0.2, -0.15) is 0 Å². The molecule has 2 N–H and O–H groups in total. The SMILES string of the molecule is COC(C)(CN)c1ccc([N+](=O)[O-])cc1Br. The summed E-state index contributed by atoms with van der Waals surface area (Å²) < 4.78 is 5.95. The van der Waals surface area contributed by atoms with Crippen molar-refractivity contribution in [3.05, 3.63) is 38.3 Å². The van der Waals surface area contributed by atoms with Crippen LogP contribution in [0.2, 0.25) is 0 Å². The Hall–Kier alpha value is -0.980. The van der Waals surface area contributed by atoms with E-state index in [4.69, 9.17) is 10.5 Å². The summed E-state index contributed by atoms with van der Waals surface area (Å²) in [5.74, 6) is 0. The molecule has 0 amide bonds. The summed E-state index contributed by atoms with van der Waals surface area (Å²) in [5.41, 5.74) is 5.82. The second kappa shape index (κ2) is 4.90. The molecule has 1 unspecified atom stereocenters. The average Bonchev–Trinajstić information content (AvgIpc) is 2.27. The number of nitrogens with zero attached hydrogens (tertiary/aromatic N) is 1. The van der Waals surface area contributed by atoms with Crippen LogP contribution in [-0.4, -0.2) is 18.6 Å². The number of benzene rings is 1. The van der Waals surface area contributed by atoms with E-state index in [2.05, 4.69) is 15.9 Å². The Kier molecular flexibility index (Phi) is 4.01. The molecule has 0 aliphatic rings. The van der Waals surface area contributed by atoms with Crippen molar-refractivity contribution in [3.8, 4) is 0 Å². The van der Waals surface area contributed by atoms with E-state index in [0.717, 1.165) is 5.56 Å². The number of methoxy groups -OCH3 is 1. The lowest BCUT2D eigenvalue weighted by molar-refractivity contribution is -0.385. The van der Waals surface area contributed by atoms with Crippen molar-refractivity contribution in [1.82, 2.24) is 0 Å². The van der Waals surface area contributed by atoms with Gasteiger partial charge in [0.25, 0.3) is 5.69 Å².